The minimum absolute atomic E-state index is 0.0475. The number of urea groups is 1. The van der Waals surface area contributed by atoms with Gasteiger partial charge in [0, 0.05) is 31.9 Å². The summed E-state index contributed by atoms with van der Waals surface area (Å²) in [5.41, 5.74) is 0.793. The Hall–Kier alpha value is -2.04. The first-order valence-electron chi connectivity index (χ1n) is 9.03. The molecule has 0 radical (unpaired) electrons. The van der Waals surface area contributed by atoms with E-state index >= 15 is 0 Å². The summed E-state index contributed by atoms with van der Waals surface area (Å²) in [5.74, 6) is 0.904. The molecule has 1 atom stereocenters. The lowest BCUT2D eigenvalue weighted by atomic mass is 9.93. The summed E-state index contributed by atoms with van der Waals surface area (Å²) in [5, 5.41) is 2.92. The van der Waals surface area contributed by atoms with Gasteiger partial charge >= 0.3 is 6.03 Å². The van der Waals surface area contributed by atoms with Gasteiger partial charge in [-0.05, 0) is 43.7 Å². The number of carbonyl (C=O) groups excluding carboxylic acids is 2. The second kappa shape index (κ2) is 7.69. The summed E-state index contributed by atoms with van der Waals surface area (Å²) in [6.07, 6.45) is 3.97. The summed E-state index contributed by atoms with van der Waals surface area (Å²) in [4.78, 5) is 29.0. The molecule has 1 unspecified atom stereocenters. The van der Waals surface area contributed by atoms with Crippen LogP contribution in [0.25, 0.3) is 0 Å². The van der Waals surface area contributed by atoms with Crippen molar-refractivity contribution in [1.82, 2.24) is 9.80 Å². The molecule has 5 heteroatoms. The predicted octanol–water partition coefficient (Wildman–Crippen LogP) is 3.19. The van der Waals surface area contributed by atoms with Gasteiger partial charge in [0.25, 0.3) is 0 Å². The quantitative estimate of drug-likeness (QED) is 0.906. The first kappa shape index (κ1) is 16.8. The Labute approximate surface area is 144 Å². The number of rotatable bonds is 2. The van der Waals surface area contributed by atoms with Crippen molar-refractivity contribution < 1.29 is 9.59 Å². The van der Waals surface area contributed by atoms with E-state index in [1.807, 2.05) is 35.2 Å². The van der Waals surface area contributed by atoms with Crippen LogP contribution >= 0.6 is 0 Å². The number of hydrogen-bond acceptors (Lipinski definition) is 2. The molecule has 2 aliphatic rings. The highest BCUT2D eigenvalue weighted by molar-refractivity contribution is 5.90. The molecule has 0 saturated carbocycles. The van der Waals surface area contributed by atoms with Crippen LogP contribution in [-0.2, 0) is 4.79 Å². The molecule has 2 fully saturated rings. The third kappa shape index (κ3) is 4.08. The second-order valence-electron chi connectivity index (χ2n) is 7.09. The number of benzene rings is 1. The molecule has 2 aliphatic heterocycles. The van der Waals surface area contributed by atoms with Gasteiger partial charge in [0.05, 0.1) is 5.92 Å². The SMILES string of the molecule is CC1CCN(C(=O)C2CCCN(C(=O)Nc3ccccc3)C2)CC1. The Morgan fingerprint density at radius 3 is 2.42 bits per heavy atom. The molecule has 0 aromatic heterocycles. The number of carbonyl (C=O) groups is 2. The van der Waals surface area contributed by atoms with Crippen LogP contribution in [0.3, 0.4) is 0 Å². The lowest BCUT2D eigenvalue weighted by Gasteiger charge is -2.37. The number of hydrogen-bond donors (Lipinski definition) is 1. The van der Waals surface area contributed by atoms with E-state index in [9.17, 15) is 9.59 Å². The monoisotopic (exact) mass is 329 g/mol. The zero-order valence-corrected chi connectivity index (χ0v) is 14.4. The minimum Gasteiger partial charge on any atom is -0.342 e. The zero-order chi connectivity index (χ0) is 16.9. The number of piperidine rings is 2. The number of nitrogens with one attached hydrogen (secondary N) is 1. The van der Waals surface area contributed by atoms with Gasteiger partial charge < -0.3 is 15.1 Å². The molecule has 0 aliphatic carbocycles. The fraction of sp³-hybridized carbons (Fsp3) is 0.579. The third-order valence-electron chi connectivity index (χ3n) is 5.18. The molecular weight excluding hydrogens is 302 g/mol. The van der Waals surface area contributed by atoms with Crippen molar-refractivity contribution in [3.05, 3.63) is 30.3 Å². The van der Waals surface area contributed by atoms with Crippen LogP contribution in [-0.4, -0.2) is 47.9 Å². The standard InChI is InChI=1S/C19H27N3O2/c1-15-9-12-21(13-10-15)18(23)16-6-5-11-22(14-16)19(24)20-17-7-3-2-4-8-17/h2-4,7-8,15-16H,5-6,9-14H2,1H3,(H,20,24). The maximum absolute atomic E-state index is 12.8. The van der Waals surface area contributed by atoms with E-state index in [4.69, 9.17) is 0 Å². The molecule has 5 nitrogen and oxygen atoms in total. The maximum atomic E-state index is 12.8. The zero-order valence-electron chi connectivity index (χ0n) is 14.4. The van der Waals surface area contributed by atoms with Crippen molar-refractivity contribution in [2.75, 3.05) is 31.5 Å². The van der Waals surface area contributed by atoms with Gasteiger partial charge in [0.15, 0.2) is 0 Å². The number of amides is 3. The topological polar surface area (TPSA) is 52.7 Å². The van der Waals surface area contributed by atoms with Crippen molar-refractivity contribution >= 4 is 17.6 Å². The summed E-state index contributed by atoms with van der Waals surface area (Å²) in [6.45, 7) is 5.24. The lowest BCUT2D eigenvalue weighted by molar-refractivity contribution is -0.138. The molecule has 1 aromatic carbocycles. The number of anilines is 1. The Morgan fingerprint density at radius 2 is 1.71 bits per heavy atom. The second-order valence-corrected chi connectivity index (χ2v) is 7.09. The molecule has 3 rings (SSSR count). The van der Waals surface area contributed by atoms with E-state index in [1.54, 1.807) is 4.90 Å². The summed E-state index contributed by atoms with van der Waals surface area (Å²) in [6, 6.07) is 9.36. The normalized spacial score (nSPS) is 22.3. The number of para-hydroxylation sites is 1. The largest absolute Gasteiger partial charge is 0.342 e. The van der Waals surface area contributed by atoms with Crippen LogP contribution in [0.4, 0.5) is 10.5 Å². The van der Waals surface area contributed by atoms with Gasteiger partial charge in [0.2, 0.25) is 5.91 Å². The number of nitrogens with zero attached hydrogens (tertiary/aromatic N) is 2. The van der Waals surface area contributed by atoms with Gasteiger partial charge in [0.1, 0.15) is 0 Å². The molecule has 130 valence electrons. The van der Waals surface area contributed by atoms with Crippen molar-refractivity contribution in [2.24, 2.45) is 11.8 Å². The Bertz CT molecular complexity index is 567. The average Bonchev–Trinajstić information content (AvgIpc) is 2.63. The molecule has 24 heavy (non-hydrogen) atoms. The fourth-order valence-corrected chi connectivity index (χ4v) is 3.57. The fourth-order valence-electron chi connectivity index (χ4n) is 3.57. The van der Waals surface area contributed by atoms with Crippen molar-refractivity contribution in [3.63, 3.8) is 0 Å². The summed E-state index contributed by atoms with van der Waals surface area (Å²) in [7, 11) is 0. The van der Waals surface area contributed by atoms with Crippen LogP contribution in [0.1, 0.15) is 32.6 Å². The number of likely N-dealkylation sites (tertiary alicyclic amines) is 2. The van der Waals surface area contributed by atoms with Gasteiger partial charge in [-0.1, -0.05) is 25.1 Å². The van der Waals surface area contributed by atoms with E-state index in [0.717, 1.165) is 51.0 Å². The smallest absolute Gasteiger partial charge is 0.321 e. The van der Waals surface area contributed by atoms with Gasteiger partial charge in [-0.25, -0.2) is 4.79 Å². The summed E-state index contributed by atoms with van der Waals surface area (Å²) < 4.78 is 0. The molecule has 0 bridgehead atoms. The van der Waals surface area contributed by atoms with Crippen molar-refractivity contribution in [1.29, 1.82) is 0 Å². The van der Waals surface area contributed by atoms with Crippen LogP contribution in [0, 0.1) is 11.8 Å². The van der Waals surface area contributed by atoms with E-state index in [-0.39, 0.29) is 17.9 Å². The minimum atomic E-state index is -0.106. The third-order valence-corrected chi connectivity index (χ3v) is 5.18. The summed E-state index contributed by atoms with van der Waals surface area (Å²) >= 11 is 0. The van der Waals surface area contributed by atoms with E-state index in [2.05, 4.69) is 12.2 Å². The first-order valence-corrected chi connectivity index (χ1v) is 9.03. The molecular formula is C19H27N3O2. The van der Waals surface area contributed by atoms with Gasteiger partial charge in [-0.3, -0.25) is 4.79 Å². The highest BCUT2D eigenvalue weighted by Crippen LogP contribution is 2.23. The van der Waals surface area contributed by atoms with E-state index < -0.39 is 0 Å². The lowest BCUT2D eigenvalue weighted by Crippen LogP contribution is -2.49. The highest BCUT2D eigenvalue weighted by atomic mass is 16.2. The molecule has 1 aromatic rings. The Balaban J connectivity index is 1.55. The Morgan fingerprint density at radius 1 is 1.00 bits per heavy atom. The van der Waals surface area contributed by atoms with Crippen LogP contribution < -0.4 is 5.32 Å². The van der Waals surface area contributed by atoms with Gasteiger partial charge in [-0.15, -0.1) is 0 Å². The molecule has 3 amide bonds. The van der Waals surface area contributed by atoms with Crippen LogP contribution in [0.5, 0.6) is 0 Å². The van der Waals surface area contributed by atoms with Gasteiger partial charge in [-0.2, -0.15) is 0 Å². The van der Waals surface area contributed by atoms with Crippen LogP contribution in [0.15, 0.2) is 30.3 Å². The van der Waals surface area contributed by atoms with E-state index in [1.165, 1.54) is 0 Å². The maximum Gasteiger partial charge on any atom is 0.321 e. The Kier molecular flexibility index (Phi) is 5.38. The molecule has 0 spiro atoms. The van der Waals surface area contributed by atoms with E-state index in [0.29, 0.717) is 12.5 Å². The molecule has 2 heterocycles. The highest BCUT2D eigenvalue weighted by Gasteiger charge is 2.32. The molecule has 2 saturated heterocycles. The molecule has 1 N–H and O–H groups in total. The van der Waals surface area contributed by atoms with Crippen molar-refractivity contribution in [3.8, 4) is 0 Å². The van der Waals surface area contributed by atoms with Crippen molar-refractivity contribution in [2.45, 2.75) is 32.6 Å². The predicted molar refractivity (Wildman–Crippen MR) is 94.7 cm³/mol. The first-order chi connectivity index (χ1) is 11.6. The average molecular weight is 329 g/mol. The van der Waals surface area contributed by atoms with Crippen LogP contribution in [0.2, 0.25) is 0 Å².